The van der Waals surface area contributed by atoms with E-state index in [0.717, 1.165) is 13.0 Å². The Bertz CT molecular complexity index is 293. The Labute approximate surface area is 90.0 Å². The van der Waals surface area contributed by atoms with Gasteiger partial charge in [-0.15, -0.1) is 12.3 Å². The van der Waals surface area contributed by atoms with Crippen molar-refractivity contribution in [3.63, 3.8) is 0 Å². The highest BCUT2D eigenvalue weighted by atomic mass is 16.2. The smallest absolute Gasteiger partial charge is 0.246 e. The average Bonchev–Trinajstić information content (AvgIpc) is 2.24. The first kappa shape index (κ1) is 11.7. The average molecular weight is 208 g/mol. The standard InChI is InChI=1S/C11H16N2O2/c1-3-4-5-8-12-9-6-7-10(14)13(2)11(9)15/h1,9,12H,4-8H2,2H3. The van der Waals surface area contributed by atoms with Crippen LogP contribution in [0, 0.1) is 12.3 Å². The van der Waals surface area contributed by atoms with Crippen LogP contribution in [-0.2, 0) is 9.59 Å². The van der Waals surface area contributed by atoms with E-state index < -0.39 is 0 Å². The number of likely N-dealkylation sites (N-methyl/N-ethyl adjacent to an activating group) is 1. The molecule has 1 fully saturated rings. The summed E-state index contributed by atoms with van der Waals surface area (Å²) in [6, 6.07) is -0.217. The zero-order valence-corrected chi connectivity index (χ0v) is 8.95. The van der Waals surface area contributed by atoms with Crippen LogP contribution in [0.15, 0.2) is 0 Å². The highest BCUT2D eigenvalue weighted by Crippen LogP contribution is 2.11. The molecule has 1 aliphatic rings. The van der Waals surface area contributed by atoms with Crippen molar-refractivity contribution in [2.45, 2.75) is 31.7 Å². The number of hydrogen-bond acceptors (Lipinski definition) is 3. The Kier molecular flexibility index (Phi) is 4.32. The van der Waals surface area contributed by atoms with Gasteiger partial charge < -0.3 is 5.32 Å². The van der Waals surface area contributed by atoms with Crippen molar-refractivity contribution in [2.75, 3.05) is 13.6 Å². The minimum absolute atomic E-state index is 0.0957. The van der Waals surface area contributed by atoms with Gasteiger partial charge in [-0.05, 0) is 19.4 Å². The highest BCUT2D eigenvalue weighted by Gasteiger charge is 2.30. The van der Waals surface area contributed by atoms with Crippen LogP contribution in [-0.4, -0.2) is 36.3 Å². The molecule has 1 aliphatic heterocycles. The van der Waals surface area contributed by atoms with E-state index >= 15 is 0 Å². The van der Waals surface area contributed by atoms with Gasteiger partial charge in [0.05, 0.1) is 6.04 Å². The topological polar surface area (TPSA) is 49.4 Å². The molecule has 1 atom stereocenters. The SMILES string of the molecule is C#CCCCNC1CCC(=O)N(C)C1=O. The van der Waals surface area contributed by atoms with Gasteiger partial charge in [-0.2, -0.15) is 0 Å². The first-order valence-corrected chi connectivity index (χ1v) is 5.14. The highest BCUT2D eigenvalue weighted by molar-refractivity contribution is 6.00. The van der Waals surface area contributed by atoms with Crippen molar-refractivity contribution in [3.05, 3.63) is 0 Å². The number of terminal acetylenes is 1. The van der Waals surface area contributed by atoms with Gasteiger partial charge in [-0.1, -0.05) is 0 Å². The minimum Gasteiger partial charge on any atom is -0.306 e. The second-order valence-corrected chi connectivity index (χ2v) is 3.64. The molecule has 4 nitrogen and oxygen atoms in total. The van der Waals surface area contributed by atoms with E-state index in [2.05, 4.69) is 11.2 Å². The van der Waals surface area contributed by atoms with E-state index in [1.165, 1.54) is 11.9 Å². The fourth-order valence-electron chi connectivity index (χ4n) is 1.57. The minimum atomic E-state index is -0.217. The summed E-state index contributed by atoms with van der Waals surface area (Å²) >= 11 is 0. The van der Waals surface area contributed by atoms with E-state index in [1.54, 1.807) is 0 Å². The van der Waals surface area contributed by atoms with Gasteiger partial charge in [0.15, 0.2) is 0 Å². The lowest BCUT2D eigenvalue weighted by molar-refractivity contribution is -0.148. The van der Waals surface area contributed by atoms with Crippen LogP contribution in [0.3, 0.4) is 0 Å². The van der Waals surface area contributed by atoms with Crippen LogP contribution in [0.4, 0.5) is 0 Å². The van der Waals surface area contributed by atoms with Crippen molar-refractivity contribution < 1.29 is 9.59 Å². The quantitative estimate of drug-likeness (QED) is 0.406. The van der Waals surface area contributed by atoms with Crippen LogP contribution in [0.1, 0.15) is 25.7 Å². The fraction of sp³-hybridized carbons (Fsp3) is 0.636. The monoisotopic (exact) mass is 208 g/mol. The zero-order chi connectivity index (χ0) is 11.3. The maximum atomic E-state index is 11.6. The van der Waals surface area contributed by atoms with Gasteiger partial charge in [-0.3, -0.25) is 14.5 Å². The number of carbonyl (C=O) groups is 2. The number of imide groups is 1. The largest absolute Gasteiger partial charge is 0.306 e. The molecular weight excluding hydrogens is 192 g/mol. The van der Waals surface area contributed by atoms with E-state index in [0.29, 0.717) is 19.3 Å². The maximum Gasteiger partial charge on any atom is 0.246 e. The Morgan fingerprint density at radius 1 is 1.60 bits per heavy atom. The van der Waals surface area contributed by atoms with Crippen LogP contribution >= 0.6 is 0 Å². The summed E-state index contributed by atoms with van der Waals surface area (Å²) in [6.45, 7) is 0.725. The van der Waals surface area contributed by atoms with Crippen molar-refractivity contribution in [2.24, 2.45) is 0 Å². The number of nitrogens with zero attached hydrogens (tertiary/aromatic N) is 1. The molecule has 82 valence electrons. The molecule has 2 amide bonds. The molecular formula is C11H16N2O2. The Morgan fingerprint density at radius 2 is 2.33 bits per heavy atom. The van der Waals surface area contributed by atoms with Crippen LogP contribution < -0.4 is 5.32 Å². The second kappa shape index (κ2) is 5.52. The third-order valence-corrected chi connectivity index (χ3v) is 2.54. The molecule has 0 spiro atoms. The zero-order valence-electron chi connectivity index (χ0n) is 8.95. The lowest BCUT2D eigenvalue weighted by Gasteiger charge is -2.28. The molecule has 1 heterocycles. The molecule has 0 bridgehead atoms. The fourth-order valence-corrected chi connectivity index (χ4v) is 1.57. The summed E-state index contributed by atoms with van der Waals surface area (Å²) in [5, 5.41) is 3.12. The van der Waals surface area contributed by atoms with E-state index in [9.17, 15) is 9.59 Å². The summed E-state index contributed by atoms with van der Waals surface area (Å²) in [7, 11) is 1.53. The number of unbranched alkanes of at least 4 members (excludes halogenated alkanes) is 1. The number of nitrogens with one attached hydrogen (secondary N) is 1. The van der Waals surface area contributed by atoms with E-state index in [4.69, 9.17) is 6.42 Å². The van der Waals surface area contributed by atoms with Gasteiger partial charge >= 0.3 is 0 Å². The van der Waals surface area contributed by atoms with Crippen molar-refractivity contribution in [3.8, 4) is 12.3 Å². The number of carbonyl (C=O) groups excluding carboxylic acids is 2. The molecule has 1 N–H and O–H groups in total. The van der Waals surface area contributed by atoms with Gasteiger partial charge in [0.2, 0.25) is 11.8 Å². The van der Waals surface area contributed by atoms with E-state index in [1.807, 2.05) is 0 Å². The number of amides is 2. The first-order chi connectivity index (χ1) is 7.16. The van der Waals surface area contributed by atoms with Crippen molar-refractivity contribution >= 4 is 11.8 Å². The molecule has 1 saturated heterocycles. The van der Waals surface area contributed by atoms with E-state index in [-0.39, 0.29) is 17.9 Å². The molecule has 1 unspecified atom stereocenters. The Morgan fingerprint density at radius 3 is 3.00 bits per heavy atom. The number of likely N-dealkylation sites (tertiary alicyclic amines) is 1. The molecule has 0 saturated carbocycles. The lowest BCUT2D eigenvalue weighted by atomic mass is 10.0. The van der Waals surface area contributed by atoms with Gasteiger partial charge in [0.1, 0.15) is 0 Å². The molecule has 0 aromatic heterocycles. The number of piperidine rings is 1. The van der Waals surface area contributed by atoms with Crippen LogP contribution in [0.5, 0.6) is 0 Å². The second-order valence-electron chi connectivity index (χ2n) is 3.64. The Hall–Kier alpha value is -1.34. The van der Waals surface area contributed by atoms with Gasteiger partial charge in [-0.25, -0.2) is 0 Å². The number of hydrogen-bond donors (Lipinski definition) is 1. The third-order valence-electron chi connectivity index (χ3n) is 2.54. The van der Waals surface area contributed by atoms with Gasteiger partial charge in [0, 0.05) is 19.9 Å². The summed E-state index contributed by atoms with van der Waals surface area (Å²) < 4.78 is 0. The number of rotatable bonds is 4. The Balaban J connectivity index is 2.34. The lowest BCUT2D eigenvalue weighted by Crippen LogP contribution is -2.51. The predicted octanol–water partition coefficient (Wildman–Crippen LogP) is 0.137. The maximum absolute atomic E-state index is 11.6. The van der Waals surface area contributed by atoms with Crippen LogP contribution in [0.2, 0.25) is 0 Å². The molecule has 0 aromatic carbocycles. The molecule has 1 rings (SSSR count). The first-order valence-electron chi connectivity index (χ1n) is 5.14. The van der Waals surface area contributed by atoms with Crippen LogP contribution in [0.25, 0.3) is 0 Å². The summed E-state index contributed by atoms with van der Waals surface area (Å²) in [5.41, 5.74) is 0. The molecule has 4 heteroatoms. The summed E-state index contributed by atoms with van der Waals surface area (Å²) in [6.07, 6.45) is 7.72. The normalized spacial score (nSPS) is 21.6. The predicted molar refractivity (Wildman–Crippen MR) is 56.9 cm³/mol. The summed E-state index contributed by atoms with van der Waals surface area (Å²) in [4.78, 5) is 24.0. The van der Waals surface area contributed by atoms with Gasteiger partial charge in [0.25, 0.3) is 0 Å². The molecule has 15 heavy (non-hydrogen) atoms. The molecule has 0 aliphatic carbocycles. The molecule has 0 aromatic rings. The molecule has 0 radical (unpaired) electrons. The van der Waals surface area contributed by atoms with Crippen molar-refractivity contribution in [1.29, 1.82) is 0 Å². The van der Waals surface area contributed by atoms with Crippen molar-refractivity contribution in [1.82, 2.24) is 10.2 Å². The third kappa shape index (κ3) is 3.07. The summed E-state index contributed by atoms with van der Waals surface area (Å²) in [5.74, 6) is 2.31.